The summed E-state index contributed by atoms with van der Waals surface area (Å²) in [6.45, 7) is 6.55. The van der Waals surface area contributed by atoms with Crippen molar-refractivity contribution in [3.05, 3.63) is 60.8 Å². The lowest BCUT2D eigenvalue weighted by Gasteiger charge is -2.18. The van der Waals surface area contributed by atoms with Crippen LogP contribution in [0.25, 0.3) is 0 Å². The summed E-state index contributed by atoms with van der Waals surface area (Å²) in [5.41, 5.74) is 0. The highest BCUT2D eigenvalue weighted by Gasteiger charge is 2.19. The third-order valence-corrected chi connectivity index (χ3v) is 15.0. The second kappa shape index (κ2) is 65.6. The van der Waals surface area contributed by atoms with Gasteiger partial charge in [-0.2, -0.15) is 0 Å². The van der Waals surface area contributed by atoms with Crippen molar-refractivity contribution >= 4 is 17.9 Å². The standard InChI is InChI=1S/C71H128O6/c1-4-7-10-13-16-19-22-25-28-30-32-34-35-37-38-40-43-46-49-52-55-58-61-64-70(73)76-67-68(66-75-69(72)63-60-57-54-51-48-45-42-27-24-21-18-15-12-9-6-3)77-71(74)65-62-59-56-53-50-47-44-41-39-36-33-31-29-26-23-20-17-14-11-8-5-2/h9,12,18,21,27,31,33,42,48,51,68H,4-8,10-11,13-17,19-20,22-26,28-30,32,34-41,43-47,49-50,52-67H2,1-3H3/b12-9-,21-18-,33-31-,42-27-,51-48-. The molecule has 0 aromatic carbocycles. The Kier molecular flexibility index (Phi) is 63.2. The van der Waals surface area contributed by atoms with Gasteiger partial charge < -0.3 is 14.2 Å². The van der Waals surface area contributed by atoms with Gasteiger partial charge in [0, 0.05) is 19.3 Å². The van der Waals surface area contributed by atoms with Gasteiger partial charge in [0.25, 0.3) is 0 Å². The predicted molar refractivity (Wildman–Crippen MR) is 335 cm³/mol. The summed E-state index contributed by atoms with van der Waals surface area (Å²) in [5, 5.41) is 0. The topological polar surface area (TPSA) is 78.9 Å². The summed E-state index contributed by atoms with van der Waals surface area (Å²) in [7, 11) is 0. The molecule has 0 saturated heterocycles. The highest BCUT2D eigenvalue weighted by atomic mass is 16.6. The first-order chi connectivity index (χ1) is 38.0. The predicted octanol–water partition coefficient (Wildman–Crippen LogP) is 23.1. The zero-order valence-corrected chi connectivity index (χ0v) is 51.5. The normalized spacial score (nSPS) is 12.4. The van der Waals surface area contributed by atoms with E-state index in [4.69, 9.17) is 14.2 Å². The Labute approximate surface area is 479 Å². The van der Waals surface area contributed by atoms with Crippen molar-refractivity contribution in [1.29, 1.82) is 0 Å². The molecular weight excluding hydrogens is 949 g/mol. The molecule has 0 fully saturated rings. The largest absolute Gasteiger partial charge is 0.462 e. The second-order valence-electron chi connectivity index (χ2n) is 22.7. The van der Waals surface area contributed by atoms with Crippen LogP contribution in [0.15, 0.2) is 60.8 Å². The Balaban J connectivity index is 4.33. The molecule has 0 aliphatic carbocycles. The molecule has 0 aliphatic rings. The van der Waals surface area contributed by atoms with Gasteiger partial charge in [-0.25, -0.2) is 0 Å². The van der Waals surface area contributed by atoms with Gasteiger partial charge in [-0.15, -0.1) is 0 Å². The van der Waals surface area contributed by atoms with Crippen molar-refractivity contribution in [2.75, 3.05) is 13.2 Å². The maximum atomic E-state index is 12.9. The minimum atomic E-state index is -0.792. The van der Waals surface area contributed by atoms with Crippen molar-refractivity contribution in [2.45, 2.75) is 361 Å². The van der Waals surface area contributed by atoms with Gasteiger partial charge in [0.2, 0.25) is 0 Å². The van der Waals surface area contributed by atoms with Crippen molar-refractivity contribution in [2.24, 2.45) is 0 Å². The van der Waals surface area contributed by atoms with Crippen molar-refractivity contribution in [3.8, 4) is 0 Å². The molecule has 0 spiro atoms. The van der Waals surface area contributed by atoms with E-state index in [2.05, 4.69) is 81.5 Å². The van der Waals surface area contributed by atoms with E-state index in [1.54, 1.807) is 0 Å². The van der Waals surface area contributed by atoms with E-state index in [1.165, 1.54) is 231 Å². The smallest absolute Gasteiger partial charge is 0.306 e. The fraction of sp³-hybridized carbons (Fsp3) is 0.817. The van der Waals surface area contributed by atoms with Crippen LogP contribution in [0.3, 0.4) is 0 Å². The number of ether oxygens (including phenoxy) is 3. The van der Waals surface area contributed by atoms with Gasteiger partial charge >= 0.3 is 17.9 Å². The molecule has 77 heavy (non-hydrogen) atoms. The Morgan fingerprint density at radius 2 is 0.506 bits per heavy atom. The van der Waals surface area contributed by atoms with Crippen molar-refractivity contribution in [1.82, 2.24) is 0 Å². The third kappa shape index (κ3) is 63.8. The number of unbranched alkanes of at least 4 members (excludes halogenated alkanes) is 41. The molecule has 0 amide bonds. The lowest BCUT2D eigenvalue weighted by atomic mass is 10.0. The Morgan fingerprint density at radius 3 is 0.831 bits per heavy atom. The van der Waals surface area contributed by atoms with E-state index in [0.717, 1.165) is 83.5 Å². The second-order valence-corrected chi connectivity index (χ2v) is 22.7. The number of hydrogen-bond donors (Lipinski definition) is 0. The van der Waals surface area contributed by atoms with Crippen LogP contribution < -0.4 is 0 Å². The molecule has 0 rings (SSSR count). The molecule has 0 saturated carbocycles. The van der Waals surface area contributed by atoms with E-state index in [0.29, 0.717) is 19.3 Å². The first-order valence-corrected chi connectivity index (χ1v) is 33.8. The SMILES string of the molecule is CC/C=C\C/C=C\C/C=C\C/C=C\CCCCC(=O)OCC(COC(=O)CCCCCCCCCCCCCCCCCCCCCCCCC)OC(=O)CCCCCCCCCCC/C=C\CCCCCCCCCC. The number of hydrogen-bond acceptors (Lipinski definition) is 6. The molecule has 0 bridgehead atoms. The zero-order valence-electron chi connectivity index (χ0n) is 51.5. The first kappa shape index (κ1) is 74.1. The number of carbonyl (C=O) groups excluding carboxylic acids is 3. The monoisotopic (exact) mass is 1080 g/mol. The molecule has 448 valence electrons. The van der Waals surface area contributed by atoms with Crippen LogP contribution in [0.1, 0.15) is 355 Å². The van der Waals surface area contributed by atoms with Crippen LogP contribution in [0.4, 0.5) is 0 Å². The number of carbonyl (C=O) groups is 3. The highest BCUT2D eigenvalue weighted by molar-refractivity contribution is 5.71. The average Bonchev–Trinajstić information content (AvgIpc) is 3.43. The van der Waals surface area contributed by atoms with E-state index in [9.17, 15) is 14.4 Å². The summed E-state index contributed by atoms with van der Waals surface area (Å²) >= 11 is 0. The molecular formula is C71H128O6. The number of esters is 3. The van der Waals surface area contributed by atoms with Crippen molar-refractivity contribution in [3.63, 3.8) is 0 Å². The Morgan fingerprint density at radius 1 is 0.273 bits per heavy atom. The molecule has 0 N–H and O–H groups in total. The number of allylic oxidation sites excluding steroid dienone is 10. The van der Waals surface area contributed by atoms with Crippen molar-refractivity contribution < 1.29 is 28.6 Å². The molecule has 0 aromatic rings. The zero-order chi connectivity index (χ0) is 55.7. The molecule has 0 radical (unpaired) electrons. The summed E-state index contributed by atoms with van der Waals surface area (Å²) in [4.78, 5) is 38.4. The van der Waals surface area contributed by atoms with Crippen LogP contribution >= 0.6 is 0 Å². The Hall–Kier alpha value is -2.89. The Bertz CT molecular complexity index is 1380. The van der Waals surface area contributed by atoms with Crippen LogP contribution in [0, 0.1) is 0 Å². The maximum absolute atomic E-state index is 12.9. The fourth-order valence-electron chi connectivity index (χ4n) is 9.96. The van der Waals surface area contributed by atoms with Crippen LogP contribution in [0.2, 0.25) is 0 Å². The van der Waals surface area contributed by atoms with Gasteiger partial charge in [-0.1, -0.05) is 313 Å². The summed E-state index contributed by atoms with van der Waals surface area (Å²) in [6.07, 6.45) is 83.9. The van der Waals surface area contributed by atoms with Crippen LogP contribution in [-0.2, 0) is 28.6 Å². The molecule has 6 nitrogen and oxygen atoms in total. The van der Waals surface area contributed by atoms with Gasteiger partial charge in [-0.05, 0) is 83.5 Å². The summed E-state index contributed by atoms with van der Waals surface area (Å²) in [5.74, 6) is -0.909. The molecule has 6 heteroatoms. The summed E-state index contributed by atoms with van der Waals surface area (Å²) in [6, 6.07) is 0. The lowest BCUT2D eigenvalue weighted by molar-refractivity contribution is -0.167. The maximum Gasteiger partial charge on any atom is 0.306 e. The summed E-state index contributed by atoms with van der Waals surface area (Å²) < 4.78 is 16.9. The number of rotatable bonds is 62. The average molecular weight is 1080 g/mol. The van der Waals surface area contributed by atoms with E-state index in [1.807, 2.05) is 0 Å². The highest BCUT2D eigenvalue weighted by Crippen LogP contribution is 2.18. The van der Waals surface area contributed by atoms with Gasteiger partial charge in [0.05, 0.1) is 0 Å². The van der Waals surface area contributed by atoms with Crippen LogP contribution in [0.5, 0.6) is 0 Å². The van der Waals surface area contributed by atoms with Gasteiger partial charge in [-0.3, -0.25) is 14.4 Å². The molecule has 0 heterocycles. The minimum Gasteiger partial charge on any atom is -0.462 e. The van der Waals surface area contributed by atoms with E-state index >= 15 is 0 Å². The molecule has 1 unspecified atom stereocenters. The van der Waals surface area contributed by atoms with Crippen LogP contribution in [-0.4, -0.2) is 37.2 Å². The van der Waals surface area contributed by atoms with E-state index < -0.39 is 6.10 Å². The molecule has 1 atom stereocenters. The third-order valence-electron chi connectivity index (χ3n) is 15.0. The molecule has 0 aromatic heterocycles. The molecule has 0 aliphatic heterocycles. The minimum absolute atomic E-state index is 0.0847. The van der Waals surface area contributed by atoms with Gasteiger partial charge in [0.1, 0.15) is 13.2 Å². The van der Waals surface area contributed by atoms with Gasteiger partial charge in [0.15, 0.2) is 6.10 Å². The quantitative estimate of drug-likeness (QED) is 0.0261. The first-order valence-electron chi connectivity index (χ1n) is 33.8. The lowest BCUT2D eigenvalue weighted by Crippen LogP contribution is -2.30. The fourth-order valence-corrected chi connectivity index (χ4v) is 9.96. The van der Waals surface area contributed by atoms with E-state index in [-0.39, 0.29) is 31.1 Å².